The van der Waals surface area contributed by atoms with E-state index < -0.39 is 52.1 Å². The zero-order chi connectivity index (χ0) is 29.0. The molecule has 39 heavy (non-hydrogen) atoms. The Balaban J connectivity index is 1.65. The number of rotatable bonds is 4. The van der Waals surface area contributed by atoms with E-state index in [9.17, 15) is 35.1 Å². The first-order valence-electron chi connectivity index (χ1n) is 11.2. The van der Waals surface area contributed by atoms with E-state index in [0.717, 1.165) is 6.20 Å². The Morgan fingerprint density at radius 2 is 1.82 bits per heavy atom. The maximum atomic E-state index is 15.4. The molecule has 15 heteroatoms. The van der Waals surface area contributed by atoms with Gasteiger partial charge >= 0.3 is 12.4 Å². The monoisotopic (exact) mass is 563 g/mol. The highest BCUT2D eigenvalue weighted by atomic mass is 19.4. The molecule has 2 aromatic rings. The topological polar surface area (TPSA) is 73.5 Å². The van der Waals surface area contributed by atoms with Crippen LogP contribution < -0.4 is 5.48 Å². The van der Waals surface area contributed by atoms with Gasteiger partial charge in [0.25, 0.3) is 0 Å². The maximum absolute atomic E-state index is 15.4. The number of alkyl halides is 7. The summed E-state index contributed by atoms with van der Waals surface area (Å²) in [6.07, 6.45) is -7.86. The van der Waals surface area contributed by atoms with Gasteiger partial charge in [0.15, 0.2) is 17.3 Å². The molecule has 1 N–H and O–H groups in total. The van der Waals surface area contributed by atoms with Crippen LogP contribution in [-0.4, -0.2) is 35.0 Å². The average Bonchev–Trinajstić information content (AvgIpc) is 3.28. The highest BCUT2D eigenvalue weighted by molar-refractivity contribution is 5.86. The first-order valence-corrected chi connectivity index (χ1v) is 11.2. The van der Waals surface area contributed by atoms with Gasteiger partial charge in [-0.05, 0) is 30.3 Å². The van der Waals surface area contributed by atoms with Gasteiger partial charge in [0, 0.05) is 23.2 Å². The van der Waals surface area contributed by atoms with Crippen LogP contribution in [0.1, 0.15) is 36.2 Å². The number of halogens is 9. The smallest absolute Gasteiger partial charge is 0.352 e. The summed E-state index contributed by atoms with van der Waals surface area (Å²) >= 11 is 0. The highest BCUT2D eigenvalue weighted by Crippen LogP contribution is 2.49. The van der Waals surface area contributed by atoms with Crippen LogP contribution in [0, 0.1) is 29.0 Å². The minimum atomic E-state index is -5.48. The minimum absolute atomic E-state index is 0.0310. The molecular formula is C24H18F9N5O. The van der Waals surface area contributed by atoms with Crippen molar-refractivity contribution in [2.75, 3.05) is 13.1 Å². The van der Waals surface area contributed by atoms with Crippen molar-refractivity contribution >= 4 is 11.5 Å². The van der Waals surface area contributed by atoms with E-state index in [1.807, 2.05) is 5.48 Å². The minimum Gasteiger partial charge on any atom is -0.352 e. The molecule has 1 fully saturated rings. The second-order valence-electron chi connectivity index (χ2n) is 9.29. The van der Waals surface area contributed by atoms with Gasteiger partial charge in [-0.25, -0.2) is 13.2 Å². The number of hydrogen-bond acceptors (Lipinski definition) is 5. The summed E-state index contributed by atoms with van der Waals surface area (Å²) in [5.41, 5.74) is -7.71. The van der Waals surface area contributed by atoms with Gasteiger partial charge in [0.1, 0.15) is 5.84 Å². The lowest BCUT2D eigenvalue weighted by Crippen LogP contribution is -2.60. The summed E-state index contributed by atoms with van der Waals surface area (Å²) in [5.74, 6) is -4.27. The standard InChI is InChI=1S/C24H18F9N5O/c1-12(2)20(36-11-34)38-9-21(27,10-38)18-4-3-13(8-35-18)17-7-22(39-37-17,24(31,32)33)14-5-15(23(28,29)30)19(26)16(25)6-14/h3-8,12,37H,9-10H2,1-2H3. The summed E-state index contributed by atoms with van der Waals surface area (Å²) in [5, 5.41) is 8.82. The van der Waals surface area contributed by atoms with Crippen molar-refractivity contribution in [1.29, 1.82) is 5.26 Å². The number of aliphatic imine (C=N–C) groups is 1. The number of hydroxylamine groups is 1. The van der Waals surface area contributed by atoms with Crippen molar-refractivity contribution < 1.29 is 44.4 Å². The van der Waals surface area contributed by atoms with E-state index in [4.69, 9.17) is 5.26 Å². The maximum Gasteiger partial charge on any atom is 0.428 e. The van der Waals surface area contributed by atoms with Crippen molar-refractivity contribution in [1.82, 2.24) is 15.4 Å². The summed E-state index contributed by atoms with van der Waals surface area (Å²) in [6, 6.07) is 2.21. The molecule has 0 spiro atoms. The zero-order valence-corrected chi connectivity index (χ0v) is 20.1. The van der Waals surface area contributed by atoms with Crippen molar-refractivity contribution in [2.45, 2.75) is 37.5 Å². The van der Waals surface area contributed by atoms with Gasteiger partial charge in [-0.1, -0.05) is 13.8 Å². The van der Waals surface area contributed by atoms with E-state index in [1.54, 1.807) is 24.9 Å². The van der Waals surface area contributed by atoms with E-state index >= 15 is 4.39 Å². The quantitative estimate of drug-likeness (QED) is 0.223. The molecule has 1 atom stereocenters. The van der Waals surface area contributed by atoms with Crippen LogP contribution in [0.3, 0.4) is 0 Å². The van der Waals surface area contributed by atoms with Crippen molar-refractivity contribution in [3.05, 3.63) is 70.6 Å². The van der Waals surface area contributed by atoms with E-state index in [1.165, 1.54) is 12.1 Å². The molecule has 0 saturated carbocycles. The average molecular weight is 563 g/mol. The summed E-state index contributed by atoms with van der Waals surface area (Å²) in [4.78, 5) is 13.9. The van der Waals surface area contributed by atoms with Gasteiger partial charge in [-0.3, -0.25) is 15.3 Å². The van der Waals surface area contributed by atoms with Gasteiger partial charge in [0.2, 0.25) is 11.8 Å². The Kier molecular flexibility index (Phi) is 6.83. The summed E-state index contributed by atoms with van der Waals surface area (Å²) in [6.45, 7) is 3.21. The van der Waals surface area contributed by atoms with Gasteiger partial charge in [-0.2, -0.15) is 36.6 Å². The molecule has 1 aromatic heterocycles. The number of nitriles is 1. The lowest BCUT2D eigenvalue weighted by Gasteiger charge is -2.46. The third-order valence-corrected chi connectivity index (χ3v) is 6.27. The highest BCUT2D eigenvalue weighted by Gasteiger charge is 2.60. The number of aromatic nitrogens is 1. The zero-order valence-electron chi connectivity index (χ0n) is 20.1. The molecule has 1 saturated heterocycles. The molecule has 2 aliphatic rings. The Labute approximate surface area is 215 Å². The van der Waals surface area contributed by atoms with Crippen LogP contribution in [-0.2, 0) is 22.3 Å². The van der Waals surface area contributed by atoms with Crippen LogP contribution in [0.5, 0.6) is 0 Å². The molecule has 1 unspecified atom stereocenters. The predicted octanol–water partition coefficient (Wildman–Crippen LogP) is 5.73. The molecule has 0 bridgehead atoms. The molecule has 0 radical (unpaired) electrons. The fourth-order valence-corrected chi connectivity index (χ4v) is 4.31. The van der Waals surface area contributed by atoms with E-state index in [0.29, 0.717) is 11.9 Å². The van der Waals surface area contributed by atoms with E-state index in [-0.39, 0.29) is 42.4 Å². The fraction of sp³-hybridized carbons (Fsp3) is 0.375. The third kappa shape index (κ3) is 4.88. The lowest BCUT2D eigenvalue weighted by atomic mass is 9.89. The lowest BCUT2D eigenvalue weighted by molar-refractivity contribution is -0.269. The molecule has 1 aromatic carbocycles. The first kappa shape index (κ1) is 28.2. The summed E-state index contributed by atoms with van der Waals surface area (Å²) < 4.78 is 125. The number of benzene rings is 1. The Morgan fingerprint density at radius 3 is 2.33 bits per heavy atom. The first-order chi connectivity index (χ1) is 18.0. The molecule has 6 nitrogen and oxygen atoms in total. The fourth-order valence-electron chi connectivity index (χ4n) is 4.31. The number of pyridine rings is 1. The summed E-state index contributed by atoms with van der Waals surface area (Å²) in [7, 11) is 0. The third-order valence-electron chi connectivity index (χ3n) is 6.27. The molecule has 2 aliphatic heterocycles. The molecule has 4 rings (SSSR count). The van der Waals surface area contributed by atoms with E-state index in [2.05, 4.69) is 14.8 Å². The second-order valence-corrected chi connectivity index (χ2v) is 9.29. The van der Waals surface area contributed by atoms with Crippen LogP contribution in [0.25, 0.3) is 5.70 Å². The Bertz CT molecular complexity index is 1370. The molecular weight excluding hydrogens is 545 g/mol. The number of amidine groups is 1. The number of nitrogens with zero attached hydrogens (tertiary/aromatic N) is 4. The number of hydrogen-bond donors (Lipinski definition) is 1. The van der Waals surface area contributed by atoms with Crippen LogP contribution in [0.15, 0.2) is 41.5 Å². The molecule has 0 aliphatic carbocycles. The van der Waals surface area contributed by atoms with Crippen LogP contribution in [0.2, 0.25) is 0 Å². The Morgan fingerprint density at radius 1 is 1.15 bits per heavy atom. The molecule has 3 heterocycles. The van der Waals surface area contributed by atoms with Gasteiger partial charge < -0.3 is 4.90 Å². The van der Waals surface area contributed by atoms with Crippen molar-refractivity contribution in [3.8, 4) is 6.19 Å². The number of likely N-dealkylation sites (tertiary alicyclic amines) is 1. The second kappa shape index (κ2) is 9.44. The normalized spacial score (nSPS) is 21.4. The van der Waals surface area contributed by atoms with Crippen LogP contribution >= 0.6 is 0 Å². The largest absolute Gasteiger partial charge is 0.428 e. The van der Waals surface area contributed by atoms with Gasteiger partial charge in [-0.15, -0.1) is 0 Å². The van der Waals surface area contributed by atoms with Gasteiger partial charge in [0.05, 0.1) is 30.0 Å². The molecule has 208 valence electrons. The SMILES string of the molecule is CC(C)C(=NC#N)N1CC(F)(c2ccc(C3=CC(c4cc(F)c(F)c(C(F)(F)F)c4)(C(F)(F)F)ON3)cn2)C1. The van der Waals surface area contributed by atoms with Crippen molar-refractivity contribution in [3.63, 3.8) is 0 Å². The van der Waals surface area contributed by atoms with Crippen molar-refractivity contribution in [2.24, 2.45) is 10.9 Å². The molecule has 0 amide bonds. The Hall–Kier alpha value is -3.80. The van der Waals surface area contributed by atoms with Crippen LogP contribution in [0.4, 0.5) is 39.5 Å². The number of nitrogens with one attached hydrogen (secondary N) is 1. The predicted molar refractivity (Wildman–Crippen MR) is 118 cm³/mol.